The molecule has 122 valence electrons. The molecule has 0 atom stereocenters. The average molecular weight is 322 g/mol. The van der Waals surface area contributed by atoms with Gasteiger partial charge in [0, 0.05) is 5.56 Å². The molecule has 24 heavy (non-hydrogen) atoms. The fraction of sp³-hybridized carbons (Fsp3) is 0.200. The number of nitrogens with zero attached hydrogens (tertiary/aromatic N) is 1. The van der Waals surface area contributed by atoms with Gasteiger partial charge in [-0.15, -0.1) is 0 Å². The van der Waals surface area contributed by atoms with Gasteiger partial charge in [-0.25, -0.2) is 9.38 Å². The van der Waals surface area contributed by atoms with Crippen LogP contribution < -0.4 is 5.32 Å². The van der Waals surface area contributed by atoms with Crippen LogP contribution in [0.15, 0.2) is 59.2 Å². The van der Waals surface area contributed by atoms with E-state index in [0.29, 0.717) is 17.1 Å². The molecule has 4 heteroatoms. The molecule has 0 bridgehead atoms. The second-order valence-electron chi connectivity index (χ2n) is 6.82. The van der Waals surface area contributed by atoms with Gasteiger partial charge in [-0.05, 0) is 46.9 Å². The number of aliphatic imine (C=N–C) groups is 1. The lowest BCUT2D eigenvalue weighted by molar-refractivity contribution is -0.115. The molecule has 2 aromatic carbocycles. The molecule has 0 unspecified atom stereocenters. The van der Waals surface area contributed by atoms with Gasteiger partial charge in [-0.2, -0.15) is 0 Å². The van der Waals surface area contributed by atoms with E-state index in [4.69, 9.17) is 0 Å². The van der Waals surface area contributed by atoms with Crippen LogP contribution in [0, 0.1) is 5.82 Å². The van der Waals surface area contributed by atoms with Gasteiger partial charge in [0.1, 0.15) is 17.3 Å². The number of rotatable bonds is 2. The maximum atomic E-state index is 13.0. The first-order valence-corrected chi connectivity index (χ1v) is 7.81. The van der Waals surface area contributed by atoms with E-state index < -0.39 is 0 Å². The Labute approximate surface area is 140 Å². The molecule has 2 aromatic rings. The predicted octanol–water partition coefficient (Wildman–Crippen LogP) is 4.04. The molecule has 3 nitrogen and oxygen atoms in total. The van der Waals surface area contributed by atoms with E-state index in [9.17, 15) is 9.18 Å². The van der Waals surface area contributed by atoms with Crippen molar-refractivity contribution >= 4 is 17.8 Å². The van der Waals surface area contributed by atoms with Crippen LogP contribution in [-0.2, 0) is 10.2 Å². The Hall–Kier alpha value is -2.75. The molecule has 1 N–H and O–H groups in total. The zero-order valence-electron chi connectivity index (χ0n) is 13.9. The lowest BCUT2D eigenvalue weighted by Crippen LogP contribution is -2.24. The van der Waals surface area contributed by atoms with Crippen molar-refractivity contribution in [3.05, 3.63) is 76.7 Å². The zero-order valence-corrected chi connectivity index (χ0v) is 13.9. The van der Waals surface area contributed by atoms with Gasteiger partial charge in [0.05, 0.1) is 0 Å². The van der Waals surface area contributed by atoms with Crippen molar-refractivity contribution in [3.63, 3.8) is 0 Å². The normalized spacial score (nSPS) is 16.2. The number of benzene rings is 2. The summed E-state index contributed by atoms with van der Waals surface area (Å²) in [5, 5.41) is 2.72. The largest absolute Gasteiger partial charge is 0.305 e. The Balaban J connectivity index is 1.87. The summed E-state index contributed by atoms with van der Waals surface area (Å²) >= 11 is 0. The summed E-state index contributed by atoms with van der Waals surface area (Å²) in [6.07, 6.45) is 1.75. The highest BCUT2D eigenvalue weighted by molar-refractivity contribution is 6.19. The van der Waals surface area contributed by atoms with E-state index in [0.717, 1.165) is 5.56 Å². The second kappa shape index (κ2) is 6.04. The maximum Gasteiger partial charge on any atom is 0.275 e. The fourth-order valence-corrected chi connectivity index (χ4v) is 2.45. The smallest absolute Gasteiger partial charge is 0.275 e. The first-order chi connectivity index (χ1) is 11.3. The summed E-state index contributed by atoms with van der Waals surface area (Å²) in [7, 11) is 0. The summed E-state index contributed by atoms with van der Waals surface area (Å²) in [6.45, 7) is 6.47. The third-order valence-electron chi connectivity index (χ3n) is 3.89. The van der Waals surface area contributed by atoms with Gasteiger partial charge in [0.25, 0.3) is 5.91 Å². The van der Waals surface area contributed by atoms with Crippen LogP contribution in [0.1, 0.15) is 37.5 Å². The maximum absolute atomic E-state index is 13.0. The number of halogens is 1. The molecule has 1 heterocycles. The van der Waals surface area contributed by atoms with Crippen LogP contribution in [0.25, 0.3) is 6.08 Å². The van der Waals surface area contributed by atoms with Gasteiger partial charge < -0.3 is 5.32 Å². The third kappa shape index (κ3) is 3.43. The van der Waals surface area contributed by atoms with E-state index in [1.165, 1.54) is 17.7 Å². The number of amides is 1. The topological polar surface area (TPSA) is 41.5 Å². The molecule has 1 aliphatic rings. The minimum atomic E-state index is -0.321. The van der Waals surface area contributed by atoms with Crippen molar-refractivity contribution in [2.24, 2.45) is 4.99 Å². The molecule has 0 aliphatic carbocycles. The van der Waals surface area contributed by atoms with E-state index >= 15 is 0 Å². The molecule has 3 rings (SSSR count). The number of hydrogen-bond acceptors (Lipinski definition) is 2. The van der Waals surface area contributed by atoms with Crippen molar-refractivity contribution in [2.75, 3.05) is 0 Å². The Morgan fingerprint density at radius 2 is 1.62 bits per heavy atom. The Morgan fingerprint density at radius 3 is 2.21 bits per heavy atom. The second-order valence-corrected chi connectivity index (χ2v) is 6.82. The highest BCUT2D eigenvalue weighted by atomic mass is 19.1. The molecule has 0 saturated carbocycles. The molecular formula is C20H19FN2O. The number of carbonyl (C=O) groups excluding carboxylic acids is 1. The minimum absolute atomic E-state index is 0.0876. The number of hydrogen-bond donors (Lipinski definition) is 1. The van der Waals surface area contributed by atoms with Gasteiger partial charge in [0.2, 0.25) is 0 Å². The highest BCUT2D eigenvalue weighted by Crippen LogP contribution is 2.23. The molecule has 0 spiro atoms. The van der Waals surface area contributed by atoms with Crippen molar-refractivity contribution in [1.82, 2.24) is 5.32 Å². The molecular weight excluding hydrogens is 303 g/mol. The van der Waals surface area contributed by atoms with Crippen molar-refractivity contribution in [3.8, 4) is 0 Å². The zero-order chi connectivity index (χ0) is 17.3. The molecule has 0 saturated heterocycles. The quantitative estimate of drug-likeness (QED) is 0.833. The highest BCUT2D eigenvalue weighted by Gasteiger charge is 2.21. The van der Waals surface area contributed by atoms with E-state index in [1.54, 1.807) is 18.2 Å². The minimum Gasteiger partial charge on any atom is -0.305 e. The molecule has 0 aromatic heterocycles. The summed E-state index contributed by atoms with van der Waals surface area (Å²) in [6, 6.07) is 13.9. The monoisotopic (exact) mass is 322 g/mol. The summed E-state index contributed by atoms with van der Waals surface area (Å²) in [4.78, 5) is 16.4. The summed E-state index contributed by atoms with van der Waals surface area (Å²) in [5.74, 6) is -0.134. The molecule has 1 aliphatic heterocycles. The Bertz CT molecular complexity index is 825. The van der Waals surface area contributed by atoms with Crippen LogP contribution in [0.3, 0.4) is 0 Å². The van der Waals surface area contributed by atoms with Crippen molar-refractivity contribution < 1.29 is 9.18 Å². The van der Waals surface area contributed by atoms with Gasteiger partial charge in [0.15, 0.2) is 0 Å². The number of carbonyl (C=O) groups is 1. The Kier molecular flexibility index (Phi) is 4.06. The lowest BCUT2D eigenvalue weighted by Gasteiger charge is -2.18. The van der Waals surface area contributed by atoms with Crippen molar-refractivity contribution in [2.45, 2.75) is 26.2 Å². The van der Waals surface area contributed by atoms with Crippen molar-refractivity contribution in [1.29, 1.82) is 0 Å². The van der Waals surface area contributed by atoms with Crippen LogP contribution in [0.5, 0.6) is 0 Å². The molecule has 1 amide bonds. The fourth-order valence-electron chi connectivity index (χ4n) is 2.45. The van der Waals surface area contributed by atoms with Crippen LogP contribution >= 0.6 is 0 Å². The first kappa shape index (κ1) is 16.1. The molecule has 0 fully saturated rings. The first-order valence-electron chi connectivity index (χ1n) is 7.81. The standard InChI is InChI=1S/C20H19FN2O/c1-20(2,3)15-8-4-13(5-9-15)12-17-19(24)23-18(22-17)14-6-10-16(21)11-7-14/h4-12H,1-3H3,(H,22,23,24)/b17-12+. The SMILES string of the molecule is CC(C)(C)c1ccc(/C=C2/N=C(c3ccc(F)cc3)NC2=O)cc1. The van der Waals surface area contributed by atoms with Crippen LogP contribution in [0.4, 0.5) is 4.39 Å². The third-order valence-corrected chi connectivity index (χ3v) is 3.89. The van der Waals surface area contributed by atoms with E-state index in [2.05, 4.69) is 43.2 Å². The summed E-state index contributed by atoms with van der Waals surface area (Å²) < 4.78 is 13.0. The lowest BCUT2D eigenvalue weighted by atomic mass is 9.87. The van der Waals surface area contributed by atoms with Crippen LogP contribution in [-0.4, -0.2) is 11.7 Å². The van der Waals surface area contributed by atoms with E-state index in [1.807, 2.05) is 12.1 Å². The summed E-state index contributed by atoms with van der Waals surface area (Å²) in [5.41, 5.74) is 3.26. The molecule has 0 radical (unpaired) electrons. The van der Waals surface area contributed by atoms with E-state index in [-0.39, 0.29) is 17.1 Å². The van der Waals surface area contributed by atoms with Crippen LogP contribution in [0.2, 0.25) is 0 Å². The van der Waals surface area contributed by atoms with Gasteiger partial charge in [-0.3, -0.25) is 4.79 Å². The van der Waals surface area contributed by atoms with Gasteiger partial charge >= 0.3 is 0 Å². The average Bonchev–Trinajstić information content (AvgIpc) is 2.89. The predicted molar refractivity (Wildman–Crippen MR) is 94.2 cm³/mol. The number of nitrogens with one attached hydrogen (secondary N) is 1. The number of amidine groups is 1. The van der Waals surface area contributed by atoms with Gasteiger partial charge in [-0.1, -0.05) is 45.0 Å². The Morgan fingerprint density at radius 1 is 1.00 bits per heavy atom.